The lowest BCUT2D eigenvalue weighted by atomic mass is 10.1. The summed E-state index contributed by atoms with van der Waals surface area (Å²) in [5.41, 5.74) is 1.46. The van der Waals surface area contributed by atoms with Gasteiger partial charge < -0.3 is 20.3 Å². The van der Waals surface area contributed by atoms with Crippen molar-refractivity contribution in [1.29, 1.82) is 0 Å². The first-order chi connectivity index (χ1) is 7.61. The van der Waals surface area contributed by atoms with E-state index in [2.05, 4.69) is 5.32 Å². The second-order valence-corrected chi connectivity index (χ2v) is 3.65. The Kier molecular flexibility index (Phi) is 2.60. The Morgan fingerprint density at radius 3 is 2.88 bits per heavy atom. The van der Waals surface area contributed by atoms with Crippen molar-refractivity contribution in [3.63, 3.8) is 0 Å². The molecule has 0 saturated carbocycles. The third kappa shape index (κ3) is 1.76. The lowest BCUT2D eigenvalue weighted by Gasteiger charge is -2.09. The minimum absolute atomic E-state index is 0.176. The maximum atomic E-state index is 11.5. The molecule has 1 unspecified atom stereocenters. The number of carbonyl (C=O) groups excluding carboxylic acids is 1. The SMILES string of the molecule is CCOC(=O)C1Cc2cc(O)c(O)cc2N1. The Hall–Kier alpha value is -1.91. The molecule has 2 rings (SSSR count). The number of ether oxygens (including phenoxy) is 1. The van der Waals surface area contributed by atoms with Crippen LogP contribution in [0.15, 0.2) is 12.1 Å². The van der Waals surface area contributed by atoms with E-state index in [1.54, 1.807) is 6.92 Å². The fourth-order valence-electron chi connectivity index (χ4n) is 1.77. The topological polar surface area (TPSA) is 78.8 Å². The molecule has 0 spiro atoms. The van der Waals surface area contributed by atoms with E-state index in [0.717, 1.165) is 5.56 Å². The maximum Gasteiger partial charge on any atom is 0.328 e. The molecule has 1 aromatic rings. The summed E-state index contributed by atoms with van der Waals surface area (Å²) >= 11 is 0. The number of nitrogens with one attached hydrogen (secondary N) is 1. The van der Waals surface area contributed by atoms with Crippen molar-refractivity contribution in [2.24, 2.45) is 0 Å². The number of esters is 1. The second-order valence-electron chi connectivity index (χ2n) is 3.65. The smallest absolute Gasteiger partial charge is 0.328 e. The summed E-state index contributed by atoms with van der Waals surface area (Å²) in [6, 6.07) is 2.43. The molecular formula is C11H13NO4. The van der Waals surface area contributed by atoms with Gasteiger partial charge in [-0.1, -0.05) is 0 Å². The number of rotatable bonds is 2. The van der Waals surface area contributed by atoms with Crippen molar-refractivity contribution in [2.45, 2.75) is 19.4 Å². The normalized spacial score (nSPS) is 17.7. The van der Waals surface area contributed by atoms with Crippen molar-refractivity contribution in [2.75, 3.05) is 11.9 Å². The van der Waals surface area contributed by atoms with E-state index in [9.17, 15) is 15.0 Å². The number of phenolic OH excluding ortho intramolecular Hbond substituents is 2. The van der Waals surface area contributed by atoms with E-state index < -0.39 is 6.04 Å². The zero-order valence-electron chi connectivity index (χ0n) is 8.86. The zero-order valence-corrected chi connectivity index (χ0v) is 8.86. The first kappa shape index (κ1) is 10.6. The van der Waals surface area contributed by atoms with Crippen LogP contribution in [0.3, 0.4) is 0 Å². The van der Waals surface area contributed by atoms with Crippen LogP contribution in [0.5, 0.6) is 11.5 Å². The third-order valence-corrected chi connectivity index (χ3v) is 2.53. The standard InChI is InChI=1S/C11H13NO4/c1-2-16-11(15)8-3-6-4-9(13)10(14)5-7(6)12-8/h4-5,8,12-14H,2-3H2,1H3. The molecule has 0 aliphatic carbocycles. The van der Waals surface area contributed by atoms with Gasteiger partial charge in [-0.3, -0.25) is 0 Å². The summed E-state index contributed by atoms with van der Waals surface area (Å²) in [7, 11) is 0. The van der Waals surface area contributed by atoms with Crippen LogP contribution in [0.25, 0.3) is 0 Å². The molecule has 86 valence electrons. The molecule has 16 heavy (non-hydrogen) atoms. The molecular weight excluding hydrogens is 210 g/mol. The summed E-state index contributed by atoms with van der Waals surface area (Å²) in [5.74, 6) is -0.696. The molecule has 0 aromatic heterocycles. The van der Waals surface area contributed by atoms with Crippen molar-refractivity contribution < 1.29 is 19.7 Å². The first-order valence-corrected chi connectivity index (χ1v) is 5.10. The summed E-state index contributed by atoms with van der Waals surface area (Å²) in [4.78, 5) is 11.5. The minimum atomic E-state index is -0.434. The molecule has 0 amide bonds. The van der Waals surface area contributed by atoms with Crippen LogP contribution < -0.4 is 5.32 Å². The van der Waals surface area contributed by atoms with Gasteiger partial charge in [-0.2, -0.15) is 0 Å². The van der Waals surface area contributed by atoms with E-state index >= 15 is 0 Å². The summed E-state index contributed by atoms with van der Waals surface area (Å²) in [6.07, 6.45) is 0.460. The molecule has 0 radical (unpaired) electrons. The van der Waals surface area contributed by atoms with E-state index in [0.29, 0.717) is 18.7 Å². The van der Waals surface area contributed by atoms with E-state index in [1.165, 1.54) is 12.1 Å². The highest BCUT2D eigenvalue weighted by atomic mass is 16.5. The third-order valence-electron chi connectivity index (χ3n) is 2.53. The Bertz CT molecular complexity index is 399. The molecule has 3 N–H and O–H groups in total. The fourth-order valence-corrected chi connectivity index (χ4v) is 1.77. The number of fused-ring (bicyclic) bond motifs is 1. The average Bonchev–Trinajstić information content (AvgIpc) is 2.62. The zero-order chi connectivity index (χ0) is 11.7. The number of hydrogen-bond acceptors (Lipinski definition) is 5. The van der Waals surface area contributed by atoms with Gasteiger partial charge in [0.15, 0.2) is 11.5 Å². The predicted octanol–water partition coefficient (Wildman–Crippen LogP) is 0.997. The van der Waals surface area contributed by atoms with Crippen LogP contribution in [0, 0.1) is 0 Å². The van der Waals surface area contributed by atoms with Gasteiger partial charge in [0, 0.05) is 18.2 Å². The molecule has 0 fully saturated rings. The largest absolute Gasteiger partial charge is 0.504 e. The van der Waals surface area contributed by atoms with Gasteiger partial charge in [0.25, 0.3) is 0 Å². The van der Waals surface area contributed by atoms with Crippen LogP contribution >= 0.6 is 0 Å². The van der Waals surface area contributed by atoms with Gasteiger partial charge in [0.1, 0.15) is 6.04 Å². The van der Waals surface area contributed by atoms with Gasteiger partial charge in [0.05, 0.1) is 6.61 Å². The first-order valence-electron chi connectivity index (χ1n) is 5.10. The van der Waals surface area contributed by atoms with Gasteiger partial charge in [-0.15, -0.1) is 0 Å². The summed E-state index contributed by atoms with van der Waals surface area (Å²) in [6.45, 7) is 2.08. The van der Waals surface area contributed by atoms with Crippen LogP contribution in [0.4, 0.5) is 5.69 Å². The van der Waals surface area contributed by atoms with Crippen LogP contribution in [0.2, 0.25) is 0 Å². The molecule has 5 nitrogen and oxygen atoms in total. The van der Waals surface area contributed by atoms with Crippen molar-refractivity contribution in [3.8, 4) is 11.5 Å². The monoisotopic (exact) mass is 223 g/mol. The van der Waals surface area contributed by atoms with E-state index in [4.69, 9.17) is 4.74 Å². The van der Waals surface area contributed by atoms with Gasteiger partial charge >= 0.3 is 5.97 Å². The number of phenols is 2. The molecule has 1 aromatic carbocycles. The molecule has 5 heteroatoms. The lowest BCUT2D eigenvalue weighted by molar-refractivity contribution is -0.143. The van der Waals surface area contributed by atoms with Gasteiger partial charge in [0.2, 0.25) is 0 Å². The average molecular weight is 223 g/mol. The highest BCUT2D eigenvalue weighted by molar-refractivity contribution is 5.83. The Balaban J connectivity index is 2.18. The van der Waals surface area contributed by atoms with Crippen molar-refractivity contribution in [1.82, 2.24) is 0 Å². The number of carbonyl (C=O) groups is 1. The summed E-state index contributed by atoms with van der Waals surface area (Å²) in [5, 5.41) is 21.6. The minimum Gasteiger partial charge on any atom is -0.504 e. The fraction of sp³-hybridized carbons (Fsp3) is 0.364. The van der Waals surface area contributed by atoms with Crippen molar-refractivity contribution in [3.05, 3.63) is 17.7 Å². The molecule has 1 atom stereocenters. The highest BCUT2D eigenvalue weighted by Crippen LogP contribution is 2.36. The quantitative estimate of drug-likeness (QED) is 0.396. The molecule has 1 heterocycles. The van der Waals surface area contributed by atoms with Crippen LogP contribution in [0.1, 0.15) is 12.5 Å². The van der Waals surface area contributed by atoms with Crippen LogP contribution in [-0.2, 0) is 16.0 Å². The molecule has 0 bridgehead atoms. The number of hydrogen-bond donors (Lipinski definition) is 3. The Morgan fingerprint density at radius 1 is 1.50 bits per heavy atom. The van der Waals surface area contributed by atoms with Gasteiger partial charge in [-0.25, -0.2) is 4.79 Å². The predicted molar refractivity (Wildman–Crippen MR) is 57.5 cm³/mol. The number of aromatic hydroxyl groups is 2. The lowest BCUT2D eigenvalue weighted by Crippen LogP contribution is -2.28. The van der Waals surface area contributed by atoms with E-state index in [1.807, 2.05) is 0 Å². The molecule has 1 aliphatic heterocycles. The summed E-state index contributed by atoms with van der Waals surface area (Å²) < 4.78 is 4.89. The molecule has 1 aliphatic rings. The maximum absolute atomic E-state index is 11.5. The highest BCUT2D eigenvalue weighted by Gasteiger charge is 2.28. The second kappa shape index (κ2) is 3.92. The number of benzene rings is 1. The Labute approximate surface area is 92.7 Å². The van der Waals surface area contributed by atoms with Crippen LogP contribution in [-0.4, -0.2) is 28.8 Å². The number of anilines is 1. The van der Waals surface area contributed by atoms with Crippen molar-refractivity contribution >= 4 is 11.7 Å². The Morgan fingerprint density at radius 2 is 2.19 bits per heavy atom. The van der Waals surface area contributed by atoms with E-state index in [-0.39, 0.29) is 17.5 Å². The molecule has 0 saturated heterocycles. The van der Waals surface area contributed by atoms with Gasteiger partial charge in [-0.05, 0) is 18.6 Å².